The van der Waals surface area contributed by atoms with Gasteiger partial charge < -0.3 is 10.2 Å². The average Bonchev–Trinajstić information content (AvgIpc) is 2.29. The smallest absolute Gasteiger partial charge is 0.0994 e. The molecule has 15 heavy (non-hydrogen) atoms. The highest BCUT2D eigenvalue weighted by atomic mass is 32.2. The van der Waals surface area contributed by atoms with Crippen LogP contribution in [-0.4, -0.2) is 28.7 Å². The molecule has 1 aromatic rings. The summed E-state index contributed by atoms with van der Waals surface area (Å²) < 4.78 is 0. The van der Waals surface area contributed by atoms with Crippen molar-refractivity contribution in [1.29, 1.82) is 5.26 Å². The Bertz CT molecular complexity index is 349. The van der Waals surface area contributed by atoms with E-state index in [0.717, 1.165) is 5.56 Å². The third kappa shape index (κ3) is 3.92. The molecule has 0 aromatic heterocycles. The second kappa shape index (κ2) is 6.46. The van der Waals surface area contributed by atoms with Gasteiger partial charge in [0, 0.05) is 11.5 Å². The fraction of sp³-hybridized carbons (Fsp3) is 0.364. The maximum atomic E-state index is 9.13. The van der Waals surface area contributed by atoms with Crippen molar-refractivity contribution in [3.05, 3.63) is 35.4 Å². The van der Waals surface area contributed by atoms with Crippen LogP contribution in [0.2, 0.25) is 0 Å². The van der Waals surface area contributed by atoms with Crippen molar-refractivity contribution in [3.63, 3.8) is 0 Å². The van der Waals surface area contributed by atoms with E-state index in [4.69, 9.17) is 15.5 Å². The van der Waals surface area contributed by atoms with Crippen molar-refractivity contribution in [3.8, 4) is 6.07 Å². The molecule has 0 aliphatic carbocycles. The molecule has 0 spiro atoms. The van der Waals surface area contributed by atoms with Gasteiger partial charge in [0.05, 0.1) is 24.3 Å². The monoisotopic (exact) mass is 223 g/mol. The molecule has 0 bridgehead atoms. The lowest BCUT2D eigenvalue weighted by Crippen LogP contribution is -2.14. The minimum atomic E-state index is -0.677. The first-order valence-corrected chi connectivity index (χ1v) is 5.78. The Hall–Kier alpha value is -1.02. The molecule has 0 heterocycles. The molecule has 3 nitrogen and oxygen atoms in total. The standard InChI is InChI=1S/C11H13NO2S/c12-5-9-3-1-2-4-10(9)7-15-8-11(14)6-13/h1-4,11,13-14H,6-8H2. The summed E-state index contributed by atoms with van der Waals surface area (Å²) in [6, 6.07) is 9.52. The Morgan fingerprint density at radius 1 is 1.40 bits per heavy atom. The first-order chi connectivity index (χ1) is 7.27. The summed E-state index contributed by atoms with van der Waals surface area (Å²) in [6.45, 7) is -0.215. The van der Waals surface area contributed by atoms with Gasteiger partial charge in [-0.3, -0.25) is 0 Å². The number of hydrogen-bond donors (Lipinski definition) is 2. The lowest BCUT2D eigenvalue weighted by atomic mass is 10.1. The number of nitriles is 1. The first kappa shape index (κ1) is 12.1. The molecule has 0 radical (unpaired) electrons. The maximum Gasteiger partial charge on any atom is 0.0994 e. The van der Waals surface area contributed by atoms with E-state index < -0.39 is 6.10 Å². The number of aliphatic hydroxyl groups excluding tert-OH is 2. The largest absolute Gasteiger partial charge is 0.394 e. The Kier molecular flexibility index (Phi) is 5.19. The number of benzene rings is 1. The van der Waals surface area contributed by atoms with Crippen LogP contribution in [0.1, 0.15) is 11.1 Å². The molecule has 4 heteroatoms. The summed E-state index contributed by atoms with van der Waals surface area (Å²) in [4.78, 5) is 0. The highest BCUT2D eigenvalue weighted by Crippen LogP contribution is 2.16. The number of thioether (sulfide) groups is 1. The van der Waals surface area contributed by atoms with Crippen LogP contribution in [0, 0.1) is 11.3 Å². The molecular weight excluding hydrogens is 210 g/mol. The highest BCUT2D eigenvalue weighted by molar-refractivity contribution is 7.98. The zero-order valence-corrected chi connectivity index (χ0v) is 9.07. The molecule has 2 N–H and O–H groups in total. The SMILES string of the molecule is N#Cc1ccccc1CSCC(O)CO. The fourth-order valence-corrected chi connectivity index (χ4v) is 2.08. The minimum absolute atomic E-state index is 0.215. The molecule has 0 aliphatic rings. The van der Waals surface area contributed by atoms with Gasteiger partial charge in [-0.25, -0.2) is 0 Å². The molecule has 0 fully saturated rings. The molecule has 0 saturated heterocycles. The Labute approximate surface area is 93.4 Å². The molecule has 1 rings (SSSR count). The molecule has 1 unspecified atom stereocenters. The van der Waals surface area contributed by atoms with Gasteiger partial charge in [-0.1, -0.05) is 18.2 Å². The third-order valence-electron chi connectivity index (χ3n) is 1.92. The van der Waals surface area contributed by atoms with Crippen molar-refractivity contribution in [1.82, 2.24) is 0 Å². The average molecular weight is 223 g/mol. The van der Waals surface area contributed by atoms with Crippen LogP contribution >= 0.6 is 11.8 Å². The van der Waals surface area contributed by atoms with Gasteiger partial charge in [0.25, 0.3) is 0 Å². The minimum Gasteiger partial charge on any atom is -0.394 e. The van der Waals surface area contributed by atoms with Gasteiger partial charge in [-0.2, -0.15) is 17.0 Å². The number of rotatable bonds is 5. The molecule has 0 saturated carbocycles. The lowest BCUT2D eigenvalue weighted by Gasteiger charge is -2.07. The Balaban J connectivity index is 2.47. The predicted octanol–water partition coefficient (Wildman–Crippen LogP) is 1.14. The topological polar surface area (TPSA) is 64.2 Å². The van der Waals surface area contributed by atoms with Crippen molar-refractivity contribution in [2.24, 2.45) is 0 Å². The zero-order valence-electron chi connectivity index (χ0n) is 8.26. The Morgan fingerprint density at radius 3 is 2.80 bits per heavy atom. The molecule has 80 valence electrons. The van der Waals surface area contributed by atoms with Gasteiger partial charge in [0.15, 0.2) is 0 Å². The summed E-state index contributed by atoms with van der Waals surface area (Å²) in [7, 11) is 0. The second-order valence-electron chi connectivity index (χ2n) is 3.12. The van der Waals surface area contributed by atoms with Gasteiger partial charge in [0.2, 0.25) is 0 Å². The van der Waals surface area contributed by atoms with E-state index in [2.05, 4.69) is 6.07 Å². The zero-order chi connectivity index (χ0) is 11.1. The van der Waals surface area contributed by atoms with Crippen LogP contribution in [0.25, 0.3) is 0 Å². The maximum absolute atomic E-state index is 9.13. The van der Waals surface area contributed by atoms with E-state index in [1.165, 1.54) is 11.8 Å². The van der Waals surface area contributed by atoms with Crippen molar-refractivity contribution < 1.29 is 10.2 Å². The van der Waals surface area contributed by atoms with E-state index in [9.17, 15) is 0 Å². The quantitative estimate of drug-likeness (QED) is 0.785. The predicted molar refractivity (Wildman–Crippen MR) is 60.4 cm³/mol. The summed E-state index contributed by atoms with van der Waals surface area (Å²) in [5.41, 5.74) is 1.64. The van der Waals surface area contributed by atoms with Crippen molar-refractivity contribution in [2.45, 2.75) is 11.9 Å². The number of hydrogen-bond acceptors (Lipinski definition) is 4. The van der Waals surface area contributed by atoms with Gasteiger partial charge in [-0.15, -0.1) is 0 Å². The summed E-state index contributed by atoms with van der Waals surface area (Å²) >= 11 is 1.51. The second-order valence-corrected chi connectivity index (χ2v) is 4.15. The van der Waals surface area contributed by atoms with E-state index in [-0.39, 0.29) is 6.61 Å². The Morgan fingerprint density at radius 2 is 2.13 bits per heavy atom. The van der Waals surface area contributed by atoms with Crippen LogP contribution in [0.4, 0.5) is 0 Å². The van der Waals surface area contributed by atoms with Crippen LogP contribution in [0.5, 0.6) is 0 Å². The molecular formula is C11H13NO2S. The summed E-state index contributed by atoms with van der Waals surface area (Å²) in [5.74, 6) is 1.16. The van der Waals surface area contributed by atoms with Crippen LogP contribution in [-0.2, 0) is 5.75 Å². The van der Waals surface area contributed by atoms with Gasteiger partial charge in [0.1, 0.15) is 0 Å². The molecule has 1 atom stereocenters. The van der Waals surface area contributed by atoms with E-state index in [1.54, 1.807) is 6.07 Å². The summed E-state index contributed by atoms with van der Waals surface area (Å²) in [5, 5.41) is 26.6. The third-order valence-corrected chi connectivity index (χ3v) is 3.05. The van der Waals surface area contributed by atoms with Crippen LogP contribution in [0.15, 0.2) is 24.3 Å². The lowest BCUT2D eigenvalue weighted by molar-refractivity contribution is 0.113. The molecule has 0 amide bonds. The van der Waals surface area contributed by atoms with E-state index in [0.29, 0.717) is 17.1 Å². The van der Waals surface area contributed by atoms with E-state index in [1.807, 2.05) is 18.2 Å². The summed E-state index contributed by atoms with van der Waals surface area (Å²) in [6.07, 6.45) is -0.677. The normalized spacial score (nSPS) is 12.1. The van der Waals surface area contributed by atoms with Crippen LogP contribution in [0.3, 0.4) is 0 Å². The first-order valence-electron chi connectivity index (χ1n) is 4.62. The molecule has 0 aliphatic heterocycles. The number of nitrogens with zero attached hydrogens (tertiary/aromatic N) is 1. The highest BCUT2D eigenvalue weighted by Gasteiger charge is 2.04. The van der Waals surface area contributed by atoms with Crippen molar-refractivity contribution >= 4 is 11.8 Å². The van der Waals surface area contributed by atoms with Crippen LogP contribution < -0.4 is 0 Å². The fourth-order valence-electron chi connectivity index (χ4n) is 1.11. The molecule has 1 aromatic carbocycles. The van der Waals surface area contributed by atoms with E-state index >= 15 is 0 Å². The van der Waals surface area contributed by atoms with Gasteiger partial charge >= 0.3 is 0 Å². The van der Waals surface area contributed by atoms with Crippen molar-refractivity contribution in [2.75, 3.05) is 12.4 Å². The van der Waals surface area contributed by atoms with Gasteiger partial charge in [-0.05, 0) is 11.6 Å². The number of aliphatic hydroxyl groups is 2.